The fourth-order valence-corrected chi connectivity index (χ4v) is 2.96. The quantitative estimate of drug-likeness (QED) is 0.823. The van der Waals surface area contributed by atoms with E-state index in [0.29, 0.717) is 38.3 Å². The largest absolute Gasteiger partial charge is 0.383 e. The van der Waals surface area contributed by atoms with Crippen LogP contribution in [0, 0.1) is 11.6 Å². The summed E-state index contributed by atoms with van der Waals surface area (Å²) in [4.78, 5) is 13.7. The molecule has 9 heteroatoms. The lowest BCUT2D eigenvalue weighted by Crippen LogP contribution is -2.39. The SMILES string of the molecule is COCCn1cc(NC(=O)NC2CCN(c3c(F)cccc3F)C2)cn1. The highest BCUT2D eigenvalue weighted by atomic mass is 19.1. The van der Waals surface area contributed by atoms with Gasteiger partial charge in [-0.25, -0.2) is 13.6 Å². The van der Waals surface area contributed by atoms with Crippen LogP contribution in [0.5, 0.6) is 0 Å². The van der Waals surface area contributed by atoms with Crippen LogP contribution in [-0.2, 0) is 11.3 Å². The van der Waals surface area contributed by atoms with Crippen LogP contribution in [0.4, 0.5) is 25.0 Å². The number of methoxy groups -OCH3 is 1. The number of rotatable bonds is 6. The third kappa shape index (κ3) is 4.29. The summed E-state index contributed by atoms with van der Waals surface area (Å²) in [7, 11) is 1.61. The maximum atomic E-state index is 13.9. The Kier molecular flexibility index (Phi) is 5.67. The highest BCUT2D eigenvalue weighted by molar-refractivity contribution is 5.89. The van der Waals surface area contributed by atoms with E-state index in [1.807, 2.05) is 0 Å². The number of nitrogens with zero attached hydrogens (tertiary/aromatic N) is 3. The molecule has 1 aliphatic heterocycles. The van der Waals surface area contributed by atoms with E-state index in [1.54, 1.807) is 29.1 Å². The second-order valence-corrected chi connectivity index (χ2v) is 6.09. The molecular weight excluding hydrogens is 344 g/mol. The van der Waals surface area contributed by atoms with Gasteiger partial charge in [-0.3, -0.25) is 4.68 Å². The molecule has 1 atom stereocenters. The van der Waals surface area contributed by atoms with Crippen LogP contribution in [0.2, 0.25) is 0 Å². The first-order valence-electron chi connectivity index (χ1n) is 8.34. The zero-order valence-electron chi connectivity index (χ0n) is 14.4. The molecule has 2 amide bonds. The van der Waals surface area contributed by atoms with Gasteiger partial charge in [0.15, 0.2) is 0 Å². The highest BCUT2D eigenvalue weighted by Gasteiger charge is 2.27. The minimum Gasteiger partial charge on any atom is -0.383 e. The molecule has 2 heterocycles. The third-order valence-corrected chi connectivity index (χ3v) is 4.19. The summed E-state index contributed by atoms with van der Waals surface area (Å²) in [6.07, 6.45) is 3.85. The number of hydrogen-bond donors (Lipinski definition) is 2. The Morgan fingerprint density at radius 1 is 1.38 bits per heavy atom. The van der Waals surface area contributed by atoms with E-state index in [1.165, 1.54) is 18.2 Å². The average molecular weight is 365 g/mol. The number of nitrogens with one attached hydrogen (secondary N) is 2. The molecule has 1 aromatic heterocycles. The zero-order chi connectivity index (χ0) is 18.5. The second kappa shape index (κ2) is 8.13. The van der Waals surface area contributed by atoms with Crippen molar-refractivity contribution in [2.24, 2.45) is 0 Å². The molecule has 1 fully saturated rings. The molecule has 0 spiro atoms. The van der Waals surface area contributed by atoms with Crippen molar-refractivity contribution < 1.29 is 18.3 Å². The number of carbonyl (C=O) groups excluding carboxylic acids is 1. The number of amides is 2. The fourth-order valence-electron chi connectivity index (χ4n) is 2.96. The Hall–Kier alpha value is -2.68. The summed E-state index contributed by atoms with van der Waals surface area (Å²) in [6.45, 7) is 1.93. The van der Waals surface area contributed by atoms with Crippen molar-refractivity contribution in [1.82, 2.24) is 15.1 Å². The molecule has 2 N–H and O–H groups in total. The van der Waals surface area contributed by atoms with Crippen molar-refractivity contribution in [3.8, 4) is 0 Å². The summed E-state index contributed by atoms with van der Waals surface area (Å²) < 4.78 is 34.4. The first-order valence-corrected chi connectivity index (χ1v) is 8.34. The molecule has 1 aliphatic rings. The molecule has 0 bridgehead atoms. The van der Waals surface area contributed by atoms with Gasteiger partial charge in [-0.2, -0.15) is 5.10 Å². The lowest BCUT2D eigenvalue weighted by molar-refractivity contribution is 0.183. The number of ether oxygens (including phenoxy) is 1. The normalized spacial score (nSPS) is 16.7. The summed E-state index contributed by atoms with van der Waals surface area (Å²) in [5.41, 5.74) is 0.519. The minimum absolute atomic E-state index is 0.0448. The summed E-state index contributed by atoms with van der Waals surface area (Å²) in [6, 6.07) is 3.22. The van der Waals surface area contributed by atoms with Crippen LogP contribution in [0.25, 0.3) is 0 Å². The van der Waals surface area contributed by atoms with Crippen LogP contribution in [0.1, 0.15) is 6.42 Å². The number of hydrogen-bond acceptors (Lipinski definition) is 4. The van der Waals surface area contributed by atoms with Crippen molar-refractivity contribution in [2.45, 2.75) is 19.0 Å². The van der Waals surface area contributed by atoms with Gasteiger partial charge in [0.25, 0.3) is 0 Å². The highest BCUT2D eigenvalue weighted by Crippen LogP contribution is 2.26. The molecule has 1 saturated heterocycles. The number of aromatic nitrogens is 2. The number of benzene rings is 1. The molecule has 7 nitrogen and oxygen atoms in total. The van der Waals surface area contributed by atoms with Gasteiger partial charge in [-0.15, -0.1) is 0 Å². The van der Waals surface area contributed by atoms with Gasteiger partial charge in [0.1, 0.15) is 17.3 Å². The molecule has 1 unspecified atom stereocenters. The Labute approximate surface area is 149 Å². The monoisotopic (exact) mass is 365 g/mol. The number of para-hydroxylation sites is 1. The van der Waals surface area contributed by atoms with Gasteiger partial charge in [0.2, 0.25) is 0 Å². The zero-order valence-corrected chi connectivity index (χ0v) is 14.4. The van der Waals surface area contributed by atoms with Gasteiger partial charge in [0, 0.05) is 32.4 Å². The van der Waals surface area contributed by atoms with E-state index in [9.17, 15) is 13.6 Å². The molecular formula is C17H21F2N5O2. The van der Waals surface area contributed by atoms with Crippen LogP contribution in [0.3, 0.4) is 0 Å². The first-order chi connectivity index (χ1) is 12.6. The van der Waals surface area contributed by atoms with Crippen LogP contribution < -0.4 is 15.5 Å². The lowest BCUT2D eigenvalue weighted by Gasteiger charge is -2.20. The van der Waals surface area contributed by atoms with Crippen LogP contribution in [0.15, 0.2) is 30.6 Å². The molecule has 0 saturated carbocycles. The summed E-state index contributed by atoms with van der Waals surface area (Å²) in [5, 5.41) is 9.63. The van der Waals surface area contributed by atoms with Crippen molar-refractivity contribution in [2.75, 3.05) is 37.0 Å². The van der Waals surface area contributed by atoms with E-state index in [2.05, 4.69) is 15.7 Å². The van der Waals surface area contributed by atoms with Crippen LogP contribution in [-0.4, -0.2) is 48.7 Å². The number of urea groups is 1. The molecule has 0 aliphatic carbocycles. The Balaban J connectivity index is 1.52. The van der Waals surface area contributed by atoms with Gasteiger partial charge in [-0.05, 0) is 18.6 Å². The lowest BCUT2D eigenvalue weighted by atomic mass is 10.2. The number of anilines is 2. The molecule has 3 rings (SSSR count). The van der Waals surface area contributed by atoms with E-state index < -0.39 is 11.6 Å². The molecule has 0 radical (unpaired) electrons. The van der Waals surface area contributed by atoms with Crippen molar-refractivity contribution in [3.05, 3.63) is 42.2 Å². The van der Waals surface area contributed by atoms with Gasteiger partial charge in [0.05, 0.1) is 25.0 Å². The Morgan fingerprint density at radius 2 is 2.15 bits per heavy atom. The maximum Gasteiger partial charge on any atom is 0.319 e. The predicted molar refractivity (Wildman–Crippen MR) is 93.2 cm³/mol. The van der Waals surface area contributed by atoms with Crippen molar-refractivity contribution in [1.29, 1.82) is 0 Å². The van der Waals surface area contributed by atoms with Gasteiger partial charge < -0.3 is 20.3 Å². The Bertz CT molecular complexity index is 747. The molecule has 2 aromatic rings. The van der Waals surface area contributed by atoms with Crippen LogP contribution >= 0.6 is 0 Å². The maximum absolute atomic E-state index is 13.9. The average Bonchev–Trinajstić information content (AvgIpc) is 3.22. The third-order valence-electron chi connectivity index (χ3n) is 4.19. The molecule has 140 valence electrons. The summed E-state index contributed by atoms with van der Waals surface area (Å²) in [5.74, 6) is -1.20. The number of carbonyl (C=O) groups is 1. The van der Waals surface area contributed by atoms with Crippen molar-refractivity contribution in [3.63, 3.8) is 0 Å². The minimum atomic E-state index is -0.599. The van der Waals surface area contributed by atoms with Gasteiger partial charge in [-0.1, -0.05) is 6.07 Å². The predicted octanol–water partition coefficient (Wildman–Crippen LogP) is 2.21. The second-order valence-electron chi connectivity index (χ2n) is 6.09. The van der Waals surface area contributed by atoms with E-state index in [0.717, 1.165) is 0 Å². The van der Waals surface area contributed by atoms with Crippen molar-refractivity contribution >= 4 is 17.4 Å². The number of halogens is 2. The molecule has 26 heavy (non-hydrogen) atoms. The molecule has 1 aromatic carbocycles. The van der Waals surface area contributed by atoms with E-state index >= 15 is 0 Å². The smallest absolute Gasteiger partial charge is 0.319 e. The van der Waals surface area contributed by atoms with E-state index in [4.69, 9.17) is 4.74 Å². The van der Waals surface area contributed by atoms with Gasteiger partial charge >= 0.3 is 6.03 Å². The first kappa shape index (κ1) is 18.1. The topological polar surface area (TPSA) is 71.4 Å². The fraction of sp³-hybridized carbons (Fsp3) is 0.412. The summed E-state index contributed by atoms with van der Waals surface area (Å²) >= 11 is 0. The standard InChI is InChI=1S/C17H21F2N5O2/c1-26-8-7-24-11-13(9-20-24)22-17(25)21-12-5-6-23(10-12)16-14(18)3-2-4-15(16)19/h2-4,9,11-12H,5-8,10H2,1H3,(H2,21,22,25). The van der Waals surface area contributed by atoms with E-state index in [-0.39, 0.29) is 17.8 Å². The Morgan fingerprint density at radius 3 is 2.88 bits per heavy atom.